The molecule has 3 heteroatoms. The highest BCUT2D eigenvalue weighted by atomic mass is 35.5. The Labute approximate surface area is 99.5 Å². The van der Waals surface area contributed by atoms with Crippen LogP contribution >= 0.6 is 11.6 Å². The van der Waals surface area contributed by atoms with Gasteiger partial charge in [0.05, 0.1) is 0 Å². The van der Waals surface area contributed by atoms with Crippen LogP contribution in [0.25, 0.3) is 0 Å². The molecule has 0 fully saturated rings. The van der Waals surface area contributed by atoms with E-state index in [9.17, 15) is 5.11 Å². The van der Waals surface area contributed by atoms with Crippen LogP contribution in [0.3, 0.4) is 0 Å². The molecule has 0 aliphatic rings. The molecule has 0 unspecified atom stereocenters. The maximum Gasteiger partial charge on any atom is 0.115 e. The molecule has 0 atom stereocenters. The van der Waals surface area contributed by atoms with E-state index in [1.165, 1.54) is 0 Å². The van der Waals surface area contributed by atoms with Gasteiger partial charge in [0.1, 0.15) is 5.75 Å². The fraction of sp³-hybridized carbons (Fsp3) is 0.0769. The lowest BCUT2D eigenvalue weighted by atomic mass is 10.2. The summed E-state index contributed by atoms with van der Waals surface area (Å²) in [4.78, 5) is 0. The zero-order valence-corrected chi connectivity index (χ0v) is 9.41. The number of nitrogens with one attached hydrogen (secondary N) is 1. The topological polar surface area (TPSA) is 32.3 Å². The Hall–Kier alpha value is -1.67. The third kappa shape index (κ3) is 2.91. The zero-order chi connectivity index (χ0) is 11.4. The Morgan fingerprint density at radius 2 is 1.81 bits per heavy atom. The van der Waals surface area contributed by atoms with Gasteiger partial charge >= 0.3 is 0 Å². The van der Waals surface area contributed by atoms with Gasteiger partial charge < -0.3 is 10.4 Å². The molecule has 2 nitrogen and oxygen atoms in total. The minimum Gasteiger partial charge on any atom is -0.508 e. The molecule has 0 bridgehead atoms. The summed E-state index contributed by atoms with van der Waals surface area (Å²) in [6.07, 6.45) is 0. The van der Waals surface area contributed by atoms with Crippen molar-refractivity contribution in [2.75, 3.05) is 5.32 Å². The number of halogens is 1. The summed E-state index contributed by atoms with van der Waals surface area (Å²) in [5, 5.41) is 13.3. The van der Waals surface area contributed by atoms with Crippen LogP contribution in [-0.2, 0) is 6.54 Å². The smallest absolute Gasteiger partial charge is 0.115 e. The van der Waals surface area contributed by atoms with Crippen molar-refractivity contribution < 1.29 is 5.11 Å². The first-order valence-corrected chi connectivity index (χ1v) is 5.39. The molecule has 0 aromatic heterocycles. The van der Waals surface area contributed by atoms with Crippen LogP contribution in [0, 0.1) is 0 Å². The normalized spacial score (nSPS) is 10.1. The molecule has 0 spiro atoms. The van der Waals surface area contributed by atoms with Crippen LogP contribution in [0.15, 0.2) is 48.5 Å². The molecular weight excluding hydrogens is 222 g/mol. The summed E-state index contributed by atoms with van der Waals surface area (Å²) in [5.41, 5.74) is 2.04. The van der Waals surface area contributed by atoms with Gasteiger partial charge in [0.15, 0.2) is 0 Å². The number of rotatable bonds is 3. The van der Waals surface area contributed by atoms with Crippen LogP contribution in [0.1, 0.15) is 5.56 Å². The first-order valence-electron chi connectivity index (χ1n) is 5.01. The van der Waals surface area contributed by atoms with E-state index >= 15 is 0 Å². The molecule has 2 aromatic rings. The molecule has 82 valence electrons. The second-order valence-electron chi connectivity index (χ2n) is 3.53. The third-order valence-corrected chi connectivity index (χ3v) is 2.50. The minimum absolute atomic E-state index is 0.287. The van der Waals surface area contributed by atoms with Crippen LogP contribution < -0.4 is 5.32 Å². The van der Waals surface area contributed by atoms with Gasteiger partial charge in [-0.2, -0.15) is 0 Å². The summed E-state index contributed by atoms with van der Waals surface area (Å²) in [6.45, 7) is 0.677. The van der Waals surface area contributed by atoms with Crippen molar-refractivity contribution >= 4 is 17.3 Å². The van der Waals surface area contributed by atoms with E-state index in [1.807, 2.05) is 36.4 Å². The highest BCUT2D eigenvalue weighted by Crippen LogP contribution is 2.16. The van der Waals surface area contributed by atoms with E-state index in [4.69, 9.17) is 11.6 Å². The standard InChI is InChI=1S/C13H12ClNO/c14-11-4-6-12(7-5-11)15-9-10-2-1-3-13(16)8-10/h1-8,15-16H,9H2. The number of hydrogen-bond donors (Lipinski definition) is 2. The lowest BCUT2D eigenvalue weighted by Crippen LogP contribution is -1.98. The summed E-state index contributed by atoms with van der Waals surface area (Å²) in [7, 11) is 0. The van der Waals surface area contributed by atoms with Gasteiger partial charge in [0.2, 0.25) is 0 Å². The molecule has 0 saturated carbocycles. The lowest BCUT2D eigenvalue weighted by Gasteiger charge is -2.06. The quantitative estimate of drug-likeness (QED) is 0.848. The van der Waals surface area contributed by atoms with Crippen molar-refractivity contribution in [3.8, 4) is 5.75 Å². The third-order valence-electron chi connectivity index (χ3n) is 2.25. The van der Waals surface area contributed by atoms with Crippen molar-refractivity contribution in [1.29, 1.82) is 0 Å². The van der Waals surface area contributed by atoms with Crippen molar-refractivity contribution in [2.24, 2.45) is 0 Å². The molecule has 0 amide bonds. The summed E-state index contributed by atoms with van der Waals surface area (Å²) < 4.78 is 0. The fourth-order valence-electron chi connectivity index (χ4n) is 1.44. The predicted octanol–water partition coefficient (Wildman–Crippen LogP) is 3.66. The second kappa shape index (κ2) is 4.90. The van der Waals surface area contributed by atoms with Crippen LogP contribution in [-0.4, -0.2) is 5.11 Å². The molecule has 2 rings (SSSR count). The van der Waals surface area contributed by atoms with E-state index in [0.717, 1.165) is 16.3 Å². The monoisotopic (exact) mass is 233 g/mol. The van der Waals surface area contributed by atoms with Crippen LogP contribution in [0.4, 0.5) is 5.69 Å². The minimum atomic E-state index is 0.287. The first kappa shape index (κ1) is 10.8. The van der Waals surface area contributed by atoms with Crippen molar-refractivity contribution in [3.05, 3.63) is 59.1 Å². The number of phenolic OH excluding ortho intramolecular Hbond substituents is 1. The van der Waals surface area contributed by atoms with E-state index < -0.39 is 0 Å². The molecule has 0 saturated heterocycles. The first-order chi connectivity index (χ1) is 7.74. The summed E-state index contributed by atoms with van der Waals surface area (Å²) >= 11 is 5.79. The van der Waals surface area contributed by atoms with Crippen LogP contribution in [0.5, 0.6) is 5.75 Å². The summed E-state index contributed by atoms with van der Waals surface area (Å²) in [6, 6.07) is 14.7. The van der Waals surface area contributed by atoms with Gasteiger partial charge in [-0.1, -0.05) is 23.7 Å². The Bertz CT molecular complexity index is 468. The van der Waals surface area contributed by atoms with Crippen molar-refractivity contribution in [3.63, 3.8) is 0 Å². The Kier molecular flexibility index (Phi) is 3.32. The zero-order valence-electron chi connectivity index (χ0n) is 8.65. The predicted molar refractivity (Wildman–Crippen MR) is 66.9 cm³/mol. The van der Waals surface area contributed by atoms with Gasteiger partial charge in [0.25, 0.3) is 0 Å². The Morgan fingerprint density at radius 3 is 2.50 bits per heavy atom. The highest BCUT2D eigenvalue weighted by Gasteiger charge is 1.95. The van der Waals surface area contributed by atoms with Gasteiger partial charge in [-0.15, -0.1) is 0 Å². The van der Waals surface area contributed by atoms with Gasteiger partial charge in [-0.05, 0) is 42.0 Å². The average Bonchev–Trinajstić information content (AvgIpc) is 2.28. The van der Waals surface area contributed by atoms with Gasteiger partial charge in [0, 0.05) is 17.3 Å². The SMILES string of the molecule is Oc1cccc(CNc2ccc(Cl)cc2)c1. The van der Waals surface area contributed by atoms with E-state index in [1.54, 1.807) is 12.1 Å². The summed E-state index contributed by atoms with van der Waals surface area (Å²) in [5.74, 6) is 0.287. The number of hydrogen-bond acceptors (Lipinski definition) is 2. The molecule has 0 heterocycles. The Balaban J connectivity index is 1.99. The fourth-order valence-corrected chi connectivity index (χ4v) is 1.56. The lowest BCUT2D eigenvalue weighted by molar-refractivity contribution is 0.474. The van der Waals surface area contributed by atoms with Crippen LogP contribution in [0.2, 0.25) is 5.02 Å². The van der Waals surface area contributed by atoms with Crippen molar-refractivity contribution in [2.45, 2.75) is 6.54 Å². The molecule has 0 aliphatic heterocycles. The number of phenols is 1. The second-order valence-corrected chi connectivity index (χ2v) is 3.97. The highest BCUT2D eigenvalue weighted by molar-refractivity contribution is 6.30. The van der Waals surface area contributed by atoms with Gasteiger partial charge in [-0.25, -0.2) is 0 Å². The van der Waals surface area contributed by atoms with E-state index in [-0.39, 0.29) is 5.75 Å². The van der Waals surface area contributed by atoms with E-state index in [0.29, 0.717) is 6.54 Å². The van der Waals surface area contributed by atoms with Crippen molar-refractivity contribution in [1.82, 2.24) is 0 Å². The number of aromatic hydroxyl groups is 1. The van der Waals surface area contributed by atoms with Gasteiger partial charge in [-0.3, -0.25) is 0 Å². The molecule has 2 N–H and O–H groups in total. The van der Waals surface area contributed by atoms with E-state index in [2.05, 4.69) is 5.32 Å². The molecular formula is C13H12ClNO. The maximum absolute atomic E-state index is 9.30. The number of anilines is 1. The number of benzene rings is 2. The molecule has 2 aromatic carbocycles. The molecule has 16 heavy (non-hydrogen) atoms. The maximum atomic E-state index is 9.30. The molecule has 0 aliphatic carbocycles. The molecule has 0 radical (unpaired) electrons. The average molecular weight is 234 g/mol. The largest absolute Gasteiger partial charge is 0.508 e. The Morgan fingerprint density at radius 1 is 1.06 bits per heavy atom.